The number of hydrogen-bond donors (Lipinski definition) is 0. The summed E-state index contributed by atoms with van der Waals surface area (Å²) in [6.07, 6.45) is 0. The summed E-state index contributed by atoms with van der Waals surface area (Å²) in [4.78, 5) is 35.7. The van der Waals surface area contributed by atoms with Gasteiger partial charge in [0.15, 0.2) is 6.61 Å². The third-order valence-electron chi connectivity index (χ3n) is 3.65. The predicted molar refractivity (Wildman–Crippen MR) is 92.8 cm³/mol. The van der Waals surface area contributed by atoms with E-state index in [1.165, 1.54) is 23.1 Å². The van der Waals surface area contributed by atoms with E-state index >= 15 is 0 Å². The van der Waals surface area contributed by atoms with Crippen molar-refractivity contribution in [1.29, 1.82) is 0 Å². The zero-order chi connectivity index (χ0) is 19.1. The minimum Gasteiger partial charge on any atom is -0.496 e. The molecule has 136 valence electrons. The van der Waals surface area contributed by atoms with Gasteiger partial charge in [-0.25, -0.2) is 4.79 Å². The molecule has 0 saturated carbocycles. The number of carbonyl (C=O) groups excluding carboxylic acids is 2. The molecule has 0 atom stereocenters. The number of methoxy groups -OCH3 is 1. The molecule has 0 radical (unpaired) electrons. The highest BCUT2D eigenvalue weighted by atomic mass is 16.6. The highest BCUT2D eigenvalue weighted by Crippen LogP contribution is 2.19. The number of amides is 1. The first-order valence-corrected chi connectivity index (χ1v) is 7.70. The number of para-hydroxylation sites is 1. The first-order valence-electron chi connectivity index (χ1n) is 7.70. The highest BCUT2D eigenvalue weighted by molar-refractivity contribution is 5.91. The number of esters is 1. The van der Waals surface area contributed by atoms with Gasteiger partial charge in [-0.15, -0.1) is 0 Å². The second-order valence-corrected chi connectivity index (χ2v) is 5.45. The molecule has 0 heterocycles. The lowest BCUT2D eigenvalue weighted by Crippen LogP contribution is -2.31. The fourth-order valence-electron chi connectivity index (χ4n) is 2.24. The van der Waals surface area contributed by atoms with Crippen molar-refractivity contribution in [3.63, 3.8) is 0 Å². The van der Waals surface area contributed by atoms with E-state index in [9.17, 15) is 19.7 Å². The quantitative estimate of drug-likeness (QED) is 0.428. The number of nitrogens with zero attached hydrogens (tertiary/aromatic N) is 2. The second kappa shape index (κ2) is 8.61. The van der Waals surface area contributed by atoms with Crippen molar-refractivity contribution in [3.8, 4) is 5.75 Å². The maximum absolute atomic E-state index is 12.2. The normalized spacial score (nSPS) is 10.1. The van der Waals surface area contributed by atoms with Gasteiger partial charge >= 0.3 is 5.97 Å². The molecular weight excluding hydrogens is 340 g/mol. The van der Waals surface area contributed by atoms with E-state index in [4.69, 9.17) is 9.47 Å². The van der Waals surface area contributed by atoms with Crippen LogP contribution in [0.25, 0.3) is 0 Å². The summed E-state index contributed by atoms with van der Waals surface area (Å²) >= 11 is 0. The van der Waals surface area contributed by atoms with Crippen LogP contribution in [0.3, 0.4) is 0 Å². The van der Waals surface area contributed by atoms with Crippen LogP contribution in [0, 0.1) is 10.1 Å². The second-order valence-electron chi connectivity index (χ2n) is 5.45. The smallest absolute Gasteiger partial charge is 0.338 e. The standard InChI is InChI=1S/C18H18N2O6/c1-19(11-14-6-3-4-9-16(14)25-2)17(21)12-26-18(22)13-7-5-8-15(10-13)20(23)24/h3-10H,11-12H2,1-2H3. The van der Waals surface area contributed by atoms with Crippen molar-refractivity contribution in [2.75, 3.05) is 20.8 Å². The Kier molecular flexibility index (Phi) is 6.26. The lowest BCUT2D eigenvalue weighted by Gasteiger charge is -2.18. The molecule has 8 heteroatoms. The van der Waals surface area contributed by atoms with Crippen molar-refractivity contribution >= 4 is 17.6 Å². The van der Waals surface area contributed by atoms with Crippen molar-refractivity contribution in [1.82, 2.24) is 4.90 Å². The number of nitro benzene ring substituents is 1. The molecule has 0 N–H and O–H groups in total. The van der Waals surface area contributed by atoms with Gasteiger partial charge in [-0.3, -0.25) is 14.9 Å². The van der Waals surface area contributed by atoms with Crippen LogP contribution in [0.15, 0.2) is 48.5 Å². The Morgan fingerprint density at radius 2 is 1.88 bits per heavy atom. The van der Waals surface area contributed by atoms with Crippen LogP contribution in [-0.2, 0) is 16.1 Å². The van der Waals surface area contributed by atoms with E-state index in [0.29, 0.717) is 5.75 Å². The van der Waals surface area contributed by atoms with Gasteiger partial charge < -0.3 is 14.4 Å². The molecular formula is C18H18N2O6. The Hall–Kier alpha value is -3.42. The van der Waals surface area contributed by atoms with Crippen LogP contribution in [0.1, 0.15) is 15.9 Å². The highest BCUT2D eigenvalue weighted by Gasteiger charge is 2.17. The van der Waals surface area contributed by atoms with Gasteiger partial charge in [0.25, 0.3) is 11.6 Å². The van der Waals surface area contributed by atoms with E-state index in [2.05, 4.69) is 0 Å². The van der Waals surface area contributed by atoms with Crippen molar-refractivity contribution in [3.05, 3.63) is 69.8 Å². The summed E-state index contributed by atoms with van der Waals surface area (Å²) in [5, 5.41) is 10.7. The van der Waals surface area contributed by atoms with Gasteiger partial charge in [0.2, 0.25) is 0 Å². The molecule has 2 rings (SSSR count). The molecule has 0 aliphatic rings. The van der Waals surface area contributed by atoms with E-state index in [0.717, 1.165) is 11.6 Å². The van der Waals surface area contributed by atoms with E-state index < -0.39 is 23.4 Å². The third-order valence-corrected chi connectivity index (χ3v) is 3.65. The van der Waals surface area contributed by atoms with Gasteiger partial charge in [-0.1, -0.05) is 24.3 Å². The van der Waals surface area contributed by atoms with Crippen LogP contribution in [-0.4, -0.2) is 42.5 Å². The Bertz CT molecular complexity index is 821. The van der Waals surface area contributed by atoms with Crippen molar-refractivity contribution in [2.24, 2.45) is 0 Å². The molecule has 26 heavy (non-hydrogen) atoms. The van der Waals surface area contributed by atoms with Gasteiger partial charge in [-0.2, -0.15) is 0 Å². The van der Waals surface area contributed by atoms with Crippen LogP contribution < -0.4 is 4.74 Å². The van der Waals surface area contributed by atoms with E-state index in [1.54, 1.807) is 20.2 Å². The summed E-state index contributed by atoms with van der Waals surface area (Å²) in [5.74, 6) is -0.553. The Morgan fingerprint density at radius 3 is 2.58 bits per heavy atom. The zero-order valence-electron chi connectivity index (χ0n) is 14.4. The summed E-state index contributed by atoms with van der Waals surface area (Å²) < 4.78 is 10.2. The monoisotopic (exact) mass is 358 g/mol. The molecule has 0 aliphatic carbocycles. The average molecular weight is 358 g/mol. The fourth-order valence-corrected chi connectivity index (χ4v) is 2.24. The minimum absolute atomic E-state index is 0.0133. The molecule has 0 spiro atoms. The maximum Gasteiger partial charge on any atom is 0.338 e. The van der Waals surface area contributed by atoms with Crippen LogP contribution in [0.5, 0.6) is 5.75 Å². The molecule has 0 aromatic heterocycles. The third kappa shape index (κ3) is 4.79. The number of hydrogen-bond acceptors (Lipinski definition) is 6. The van der Waals surface area contributed by atoms with Gasteiger partial charge in [0, 0.05) is 31.3 Å². The molecule has 0 bridgehead atoms. The molecule has 0 saturated heterocycles. The lowest BCUT2D eigenvalue weighted by atomic mass is 10.2. The van der Waals surface area contributed by atoms with Gasteiger partial charge in [-0.05, 0) is 12.1 Å². The first kappa shape index (κ1) is 18.9. The minimum atomic E-state index is -0.798. The SMILES string of the molecule is COc1ccccc1CN(C)C(=O)COC(=O)c1cccc([N+](=O)[O-])c1. The molecule has 2 aromatic rings. The molecule has 0 fully saturated rings. The number of benzene rings is 2. The molecule has 8 nitrogen and oxygen atoms in total. The number of rotatable bonds is 7. The summed E-state index contributed by atoms with van der Waals surface area (Å²) in [6, 6.07) is 12.4. The van der Waals surface area contributed by atoms with Gasteiger partial charge in [0.1, 0.15) is 5.75 Å². The molecule has 0 unspecified atom stereocenters. The number of ether oxygens (including phenoxy) is 2. The molecule has 2 aromatic carbocycles. The summed E-state index contributed by atoms with van der Waals surface area (Å²) in [6.45, 7) is -0.176. The van der Waals surface area contributed by atoms with Crippen LogP contribution >= 0.6 is 0 Å². The van der Waals surface area contributed by atoms with E-state index in [1.807, 2.05) is 18.2 Å². The summed E-state index contributed by atoms with van der Waals surface area (Å²) in [7, 11) is 3.12. The number of carbonyl (C=O) groups is 2. The largest absolute Gasteiger partial charge is 0.496 e. The average Bonchev–Trinajstić information content (AvgIpc) is 2.66. The van der Waals surface area contributed by atoms with Crippen molar-refractivity contribution < 1.29 is 24.0 Å². The number of non-ortho nitro benzene ring substituents is 1. The zero-order valence-corrected chi connectivity index (χ0v) is 14.4. The predicted octanol–water partition coefficient (Wildman–Crippen LogP) is 2.42. The first-order chi connectivity index (χ1) is 12.4. The number of likely N-dealkylation sites (N-methyl/N-ethyl adjacent to an activating group) is 1. The summed E-state index contributed by atoms with van der Waals surface area (Å²) in [5.41, 5.74) is 0.606. The van der Waals surface area contributed by atoms with Crippen molar-refractivity contribution in [2.45, 2.75) is 6.54 Å². The Balaban J connectivity index is 1.94. The molecule has 1 amide bonds. The Morgan fingerprint density at radius 1 is 1.15 bits per heavy atom. The maximum atomic E-state index is 12.2. The van der Waals surface area contributed by atoms with E-state index in [-0.39, 0.29) is 17.8 Å². The van der Waals surface area contributed by atoms with Crippen LogP contribution in [0.2, 0.25) is 0 Å². The fraction of sp³-hybridized carbons (Fsp3) is 0.222. The lowest BCUT2D eigenvalue weighted by molar-refractivity contribution is -0.384. The number of nitro groups is 1. The van der Waals surface area contributed by atoms with Gasteiger partial charge in [0.05, 0.1) is 17.6 Å². The topological polar surface area (TPSA) is 99.0 Å². The van der Waals surface area contributed by atoms with Crippen LogP contribution in [0.4, 0.5) is 5.69 Å². The molecule has 0 aliphatic heterocycles. The Labute approximate surface area is 150 Å².